The standard InChI is InChI=1S/C34H28N4/c1-23-12-5-6-17-27(23)34-36-32(24-13-3-2-4-14-24)35-33(37-34)25-15-11-16-26(22-25)38-30-20-9-7-18-28(30)29-19-8-10-21-31(29)38/h2-10,12-15,17-23,27H,11,16H2,1H3/t23?,27-/m0/s1. The summed E-state index contributed by atoms with van der Waals surface area (Å²) in [6, 6.07) is 27.6. The fourth-order valence-corrected chi connectivity index (χ4v) is 5.68. The fourth-order valence-electron chi connectivity index (χ4n) is 5.68. The SMILES string of the molecule is CC1C=CC=C[C@@H]1c1nc(C2=CCCC(n3c4ccccc4c4ccccc43)=C2)nc(-c2ccccc2)n1. The molecule has 4 heteroatoms. The van der Waals surface area contributed by atoms with Crippen molar-refractivity contribution in [1.29, 1.82) is 0 Å². The largest absolute Gasteiger partial charge is 0.313 e. The molecule has 0 bridgehead atoms. The van der Waals surface area contributed by atoms with Crippen LogP contribution in [0.1, 0.15) is 37.3 Å². The van der Waals surface area contributed by atoms with E-state index in [-0.39, 0.29) is 5.92 Å². The average Bonchev–Trinajstić information content (AvgIpc) is 3.32. The molecule has 2 aromatic heterocycles. The Labute approximate surface area is 222 Å². The molecule has 5 aromatic rings. The van der Waals surface area contributed by atoms with Gasteiger partial charge >= 0.3 is 0 Å². The molecule has 0 amide bonds. The summed E-state index contributed by atoms with van der Waals surface area (Å²) in [6.07, 6.45) is 15.1. The third kappa shape index (κ3) is 3.90. The second-order valence-corrected chi connectivity index (χ2v) is 10.1. The molecular weight excluding hydrogens is 464 g/mol. The number of benzene rings is 3. The zero-order valence-corrected chi connectivity index (χ0v) is 21.3. The molecule has 7 rings (SSSR count). The molecule has 4 nitrogen and oxygen atoms in total. The molecule has 0 N–H and O–H groups in total. The minimum absolute atomic E-state index is 0.120. The van der Waals surface area contributed by atoms with Crippen LogP contribution in [0.4, 0.5) is 0 Å². The van der Waals surface area contributed by atoms with E-state index in [0.29, 0.717) is 5.92 Å². The first kappa shape index (κ1) is 22.6. The molecule has 2 heterocycles. The molecule has 3 aromatic carbocycles. The van der Waals surface area contributed by atoms with Crippen LogP contribution in [0.5, 0.6) is 0 Å². The van der Waals surface area contributed by atoms with E-state index < -0.39 is 0 Å². The van der Waals surface area contributed by atoms with Gasteiger partial charge in [0.25, 0.3) is 0 Å². The van der Waals surface area contributed by atoms with Crippen LogP contribution in [0, 0.1) is 5.92 Å². The lowest BCUT2D eigenvalue weighted by atomic mass is 9.89. The quantitative estimate of drug-likeness (QED) is 0.254. The van der Waals surface area contributed by atoms with Crippen LogP contribution >= 0.6 is 0 Å². The van der Waals surface area contributed by atoms with Crippen LogP contribution in [0.3, 0.4) is 0 Å². The van der Waals surface area contributed by atoms with Crippen molar-refractivity contribution in [2.45, 2.75) is 25.7 Å². The number of hydrogen-bond acceptors (Lipinski definition) is 3. The van der Waals surface area contributed by atoms with E-state index in [1.54, 1.807) is 0 Å². The van der Waals surface area contributed by atoms with Crippen molar-refractivity contribution in [2.75, 3.05) is 0 Å². The second-order valence-electron chi connectivity index (χ2n) is 10.1. The van der Waals surface area contributed by atoms with Crippen LogP contribution in [0.25, 0.3) is 44.5 Å². The molecule has 184 valence electrons. The summed E-state index contributed by atoms with van der Waals surface area (Å²) in [7, 11) is 0. The molecule has 2 aliphatic carbocycles. The number of nitrogens with zero attached hydrogens (tertiary/aromatic N) is 4. The van der Waals surface area contributed by atoms with Crippen LogP contribution in [0.2, 0.25) is 0 Å². The minimum atomic E-state index is 0.120. The summed E-state index contributed by atoms with van der Waals surface area (Å²) in [6.45, 7) is 2.22. The van der Waals surface area contributed by atoms with E-state index in [1.807, 2.05) is 18.2 Å². The lowest BCUT2D eigenvalue weighted by Gasteiger charge is -2.21. The lowest BCUT2D eigenvalue weighted by Crippen LogP contribution is -2.14. The van der Waals surface area contributed by atoms with Crippen LogP contribution < -0.4 is 0 Å². The number of allylic oxidation sites excluding steroid dienone is 8. The number of hydrogen-bond donors (Lipinski definition) is 0. The predicted octanol–water partition coefficient (Wildman–Crippen LogP) is 8.21. The third-order valence-corrected chi connectivity index (χ3v) is 7.61. The number of aromatic nitrogens is 4. The Morgan fingerprint density at radius 1 is 0.711 bits per heavy atom. The maximum atomic E-state index is 5.07. The molecule has 0 saturated carbocycles. The van der Waals surface area contributed by atoms with Gasteiger partial charge in [0.05, 0.1) is 11.0 Å². The van der Waals surface area contributed by atoms with Gasteiger partial charge in [-0.3, -0.25) is 0 Å². The molecular formula is C34H28N4. The predicted molar refractivity (Wildman–Crippen MR) is 156 cm³/mol. The maximum absolute atomic E-state index is 5.07. The van der Waals surface area contributed by atoms with Crippen molar-refractivity contribution >= 4 is 33.1 Å². The van der Waals surface area contributed by atoms with Crippen molar-refractivity contribution in [3.05, 3.63) is 127 Å². The molecule has 1 unspecified atom stereocenters. The molecule has 0 saturated heterocycles. The van der Waals surface area contributed by atoms with Crippen LogP contribution in [0.15, 0.2) is 115 Å². The molecule has 2 atom stereocenters. The van der Waals surface area contributed by atoms with Crippen LogP contribution in [-0.2, 0) is 0 Å². The fraction of sp³-hybridized carbons (Fsp3) is 0.147. The van der Waals surface area contributed by atoms with Gasteiger partial charge in [-0.1, -0.05) is 104 Å². The van der Waals surface area contributed by atoms with Gasteiger partial charge in [0.1, 0.15) is 5.82 Å². The summed E-state index contributed by atoms with van der Waals surface area (Å²) < 4.78 is 2.41. The molecule has 0 radical (unpaired) electrons. The van der Waals surface area contributed by atoms with Gasteiger partial charge in [-0.2, -0.15) is 0 Å². The molecule has 38 heavy (non-hydrogen) atoms. The summed E-state index contributed by atoms with van der Waals surface area (Å²) in [5, 5.41) is 2.56. The van der Waals surface area contributed by atoms with Gasteiger partial charge in [-0.25, -0.2) is 15.0 Å². The molecule has 0 fully saturated rings. The number of rotatable bonds is 4. The van der Waals surface area contributed by atoms with Gasteiger partial charge in [0.2, 0.25) is 0 Å². The van der Waals surface area contributed by atoms with Gasteiger partial charge in [-0.05, 0) is 37.0 Å². The van der Waals surface area contributed by atoms with E-state index >= 15 is 0 Å². The highest BCUT2D eigenvalue weighted by Crippen LogP contribution is 2.36. The Morgan fingerprint density at radius 2 is 1.37 bits per heavy atom. The third-order valence-electron chi connectivity index (χ3n) is 7.61. The van der Waals surface area contributed by atoms with E-state index in [4.69, 9.17) is 15.0 Å². The Balaban J connectivity index is 1.38. The lowest BCUT2D eigenvalue weighted by molar-refractivity contribution is 0.598. The second kappa shape index (κ2) is 9.38. The highest BCUT2D eigenvalue weighted by atomic mass is 15.0. The van der Waals surface area contributed by atoms with Crippen molar-refractivity contribution in [2.24, 2.45) is 5.92 Å². The average molecular weight is 493 g/mol. The highest BCUT2D eigenvalue weighted by Gasteiger charge is 2.23. The smallest absolute Gasteiger partial charge is 0.163 e. The van der Waals surface area contributed by atoms with Crippen molar-refractivity contribution in [3.63, 3.8) is 0 Å². The Bertz CT molecular complexity index is 1730. The van der Waals surface area contributed by atoms with Crippen LogP contribution in [-0.4, -0.2) is 19.5 Å². The van der Waals surface area contributed by atoms with Gasteiger partial charge in [0, 0.05) is 33.5 Å². The normalized spacial score (nSPS) is 19.1. The monoisotopic (exact) mass is 492 g/mol. The zero-order valence-electron chi connectivity index (χ0n) is 21.3. The van der Waals surface area contributed by atoms with Gasteiger partial charge in [0.15, 0.2) is 11.6 Å². The summed E-state index contributed by atoms with van der Waals surface area (Å²) in [5.41, 5.74) is 5.78. The van der Waals surface area contributed by atoms with Crippen molar-refractivity contribution < 1.29 is 0 Å². The van der Waals surface area contributed by atoms with Gasteiger partial charge in [-0.15, -0.1) is 0 Å². The molecule has 2 aliphatic rings. The first-order chi connectivity index (χ1) is 18.8. The first-order valence-corrected chi connectivity index (χ1v) is 13.3. The van der Waals surface area contributed by atoms with E-state index in [2.05, 4.69) is 109 Å². The number of para-hydroxylation sites is 2. The van der Waals surface area contributed by atoms with Gasteiger partial charge < -0.3 is 4.57 Å². The Kier molecular flexibility index (Phi) is 5.58. The first-order valence-electron chi connectivity index (χ1n) is 13.3. The Morgan fingerprint density at radius 3 is 2.11 bits per heavy atom. The Hall–Kier alpha value is -4.57. The number of fused-ring (bicyclic) bond motifs is 3. The summed E-state index contributed by atoms with van der Waals surface area (Å²) in [4.78, 5) is 15.0. The zero-order chi connectivity index (χ0) is 25.5. The summed E-state index contributed by atoms with van der Waals surface area (Å²) >= 11 is 0. The maximum Gasteiger partial charge on any atom is 0.163 e. The summed E-state index contributed by atoms with van der Waals surface area (Å²) in [5.74, 6) is 2.72. The molecule has 0 spiro atoms. The van der Waals surface area contributed by atoms with Crippen molar-refractivity contribution in [1.82, 2.24) is 19.5 Å². The van der Waals surface area contributed by atoms with E-state index in [1.165, 1.54) is 27.5 Å². The van der Waals surface area contributed by atoms with E-state index in [0.717, 1.165) is 41.5 Å². The highest BCUT2D eigenvalue weighted by molar-refractivity contribution is 6.10. The van der Waals surface area contributed by atoms with Crippen molar-refractivity contribution in [3.8, 4) is 11.4 Å². The topological polar surface area (TPSA) is 43.6 Å². The minimum Gasteiger partial charge on any atom is -0.313 e. The molecule has 0 aliphatic heterocycles. The van der Waals surface area contributed by atoms with E-state index in [9.17, 15) is 0 Å².